The van der Waals surface area contributed by atoms with E-state index in [9.17, 15) is 14.4 Å². The van der Waals surface area contributed by atoms with E-state index in [4.69, 9.17) is 16.3 Å². The maximum atomic E-state index is 13.2. The number of hydrogen-bond acceptors (Lipinski definition) is 6. The van der Waals surface area contributed by atoms with Gasteiger partial charge in [0.2, 0.25) is 11.0 Å². The molecule has 0 aliphatic carbocycles. The van der Waals surface area contributed by atoms with Gasteiger partial charge in [0.25, 0.3) is 0 Å². The predicted molar refractivity (Wildman–Crippen MR) is 130 cm³/mol. The molecule has 1 aliphatic rings. The van der Waals surface area contributed by atoms with Crippen LogP contribution in [0.5, 0.6) is 0 Å². The van der Waals surface area contributed by atoms with Crippen LogP contribution in [0.4, 0.5) is 5.69 Å². The molecule has 3 aromatic heterocycles. The quantitative estimate of drug-likeness (QED) is 0.451. The number of benzene rings is 1. The Morgan fingerprint density at radius 1 is 1.21 bits per heavy atom. The van der Waals surface area contributed by atoms with E-state index >= 15 is 0 Å². The van der Waals surface area contributed by atoms with Crippen molar-refractivity contribution in [1.29, 1.82) is 0 Å². The molecule has 0 radical (unpaired) electrons. The van der Waals surface area contributed by atoms with Crippen LogP contribution in [0.25, 0.3) is 16.6 Å². The third kappa shape index (κ3) is 3.76. The first-order valence-corrected chi connectivity index (χ1v) is 11.2. The molecule has 0 spiro atoms. The first-order valence-electron chi connectivity index (χ1n) is 10.8. The van der Waals surface area contributed by atoms with Gasteiger partial charge in [-0.05, 0) is 43.2 Å². The molecule has 0 saturated heterocycles. The molecule has 0 atom stereocenters. The van der Waals surface area contributed by atoms with Gasteiger partial charge in [-0.1, -0.05) is 17.7 Å². The molecule has 9 heteroatoms. The average molecular weight is 477 g/mol. The Labute approximate surface area is 199 Å². The molecular weight excluding hydrogens is 456 g/mol. The van der Waals surface area contributed by atoms with Gasteiger partial charge >= 0.3 is 5.97 Å². The Balaban J connectivity index is 1.72. The third-order valence-corrected chi connectivity index (χ3v) is 6.16. The molecule has 0 unspecified atom stereocenters. The molecule has 5 rings (SSSR count). The minimum atomic E-state index is -0.718. The Kier molecular flexibility index (Phi) is 5.45. The number of esters is 1. The zero-order chi connectivity index (χ0) is 24.0. The number of ether oxygens (including phenoxy) is 1. The minimum Gasteiger partial charge on any atom is -0.462 e. The van der Waals surface area contributed by atoms with Crippen molar-refractivity contribution >= 4 is 34.2 Å². The van der Waals surface area contributed by atoms with Crippen LogP contribution in [0.3, 0.4) is 0 Å². The van der Waals surface area contributed by atoms with Crippen molar-refractivity contribution in [3.8, 4) is 5.69 Å². The van der Waals surface area contributed by atoms with E-state index in [1.807, 2.05) is 19.2 Å². The van der Waals surface area contributed by atoms with Crippen LogP contribution < -0.4 is 15.9 Å². The van der Waals surface area contributed by atoms with Crippen LogP contribution in [0.1, 0.15) is 34.1 Å². The van der Waals surface area contributed by atoms with Crippen LogP contribution in [0.2, 0.25) is 5.02 Å². The van der Waals surface area contributed by atoms with Crippen molar-refractivity contribution in [1.82, 2.24) is 14.5 Å². The lowest BCUT2D eigenvalue weighted by atomic mass is 10.1. The van der Waals surface area contributed by atoms with E-state index in [-0.39, 0.29) is 23.1 Å². The lowest BCUT2D eigenvalue weighted by Crippen LogP contribution is -2.22. The topological polar surface area (TPSA) is 97.3 Å². The number of pyridine rings is 3. The number of carbonyl (C=O) groups is 1. The largest absolute Gasteiger partial charge is 0.462 e. The summed E-state index contributed by atoms with van der Waals surface area (Å²) in [4.78, 5) is 46.6. The maximum absolute atomic E-state index is 13.2. The summed E-state index contributed by atoms with van der Waals surface area (Å²) in [5, 5.41) is 0.666. The number of nitrogens with one attached hydrogen (secondary N) is 1. The van der Waals surface area contributed by atoms with Crippen molar-refractivity contribution in [3.63, 3.8) is 0 Å². The van der Waals surface area contributed by atoms with Gasteiger partial charge in [-0.3, -0.25) is 14.6 Å². The van der Waals surface area contributed by atoms with Gasteiger partial charge in [0.1, 0.15) is 5.56 Å². The van der Waals surface area contributed by atoms with Gasteiger partial charge in [-0.25, -0.2) is 4.79 Å². The molecule has 1 N–H and O–H groups in total. The van der Waals surface area contributed by atoms with E-state index in [0.29, 0.717) is 29.3 Å². The SMILES string of the molecule is CCOC(=O)c1cn(-c2ccc(=O)[nH]c2)c2cc(N3Cc4cc(C)cnc4C3)c(Cl)cc2c1=O. The van der Waals surface area contributed by atoms with Crippen LogP contribution in [0, 0.1) is 6.92 Å². The van der Waals surface area contributed by atoms with Crippen LogP contribution in [-0.4, -0.2) is 27.1 Å². The fourth-order valence-corrected chi connectivity index (χ4v) is 4.53. The molecule has 172 valence electrons. The molecule has 1 aromatic carbocycles. The molecule has 0 saturated carbocycles. The lowest BCUT2D eigenvalue weighted by Gasteiger charge is -2.21. The van der Waals surface area contributed by atoms with E-state index < -0.39 is 11.4 Å². The van der Waals surface area contributed by atoms with Crippen LogP contribution in [-0.2, 0) is 17.8 Å². The second kappa shape index (κ2) is 8.46. The molecule has 34 heavy (non-hydrogen) atoms. The number of carbonyl (C=O) groups excluding carboxylic acids is 1. The smallest absolute Gasteiger partial charge is 0.343 e. The molecule has 0 bridgehead atoms. The summed E-state index contributed by atoms with van der Waals surface area (Å²) in [7, 11) is 0. The molecular formula is C25H21ClN4O4. The molecule has 4 aromatic rings. The van der Waals surface area contributed by atoms with Crippen molar-refractivity contribution in [2.45, 2.75) is 26.9 Å². The molecule has 4 heterocycles. The van der Waals surface area contributed by atoms with Crippen LogP contribution in [0.15, 0.2) is 58.5 Å². The standard InChI is InChI=1S/C25H21ClN4O4/c1-3-34-25(33)18-12-30(16-4-5-23(31)28-10-16)21-8-22(19(26)7-17(21)24(18)32)29-11-15-6-14(2)9-27-20(15)13-29/h4-10,12H,3,11,13H2,1-2H3,(H,28,31). The monoisotopic (exact) mass is 476 g/mol. The van der Waals surface area contributed by atoms with Gasteiger partial charge in [0.15, 0.2) is 0 Å². The summed E-state index contributed by atoms with van der Waals surface area (Å²) in [6.07, 6.45) is 4.81. The van der Waals surface area contributed by atoms with Gasteiger partial charge in [-0.15, -0.1) is 0 Å². The highest BCUT2D eigenvalue weighted by atomic mass is 35.5. The van der Waals surface area contributed by atoms with Gasteiger partial charge in [0, 0.05) is 36.6 Å². The van der Waals surface area contributed by atoms with Crippen molar-refractivity contribution in [2.24, 2.45) is 0 Å². The van der Waals surface area contributed by atoms with E-state index in [0.717, 1.165) is 22.5 Å². The maximum Gasteiger partial charge on any atom is 0.343 e. The Bertz CT molecular complexity index is 1550. The number of nitrogens with zero attached hydrogens (tertiary/aromatic N) is 3. The number of anilines is 1. The number of fused-ring (bicyclic) bond motifs is 2. The van der Waals surface area contributed by atoms with Crippen molar-refractivity contribution in [3.05, 3.63) is 96.9 Å². The highest BCUT2D eigenvalue weighted by molar-refractivity contribution is 6.34. The van der Waals surface area contributed by atoms with Crippen LogP contribution >= 0.6 is 11.6 Å². The van der Waals surface area contributed by atoms with Gasteiger partial charge < -0.3 is 19.2 Å². The van der Waals surface area contributed by atoms with Gasteiger partial charge in [-0.2, -0.15) is 0 Å². The second-order valence-electron chi connectivity index (χ2n) is 8.17. The number of aromatic amines is 1. The molecule has 0 amide bonds. The predicted octanol–water partition coefficient (Wildman–Crippen LogP) is 3.73. The average Bonchev–Trinajstić information content (AvgIpc) is 3.23. The Hall–Kier alpha value is -3.91. The van der Waals surface area contributed by atoms with E-state index in [1.54, 1.807) is 23.6 Å². The fourth-order valence-electron chi connectivity index (χ4n) is 4.25. The van der Waals surface area contributed by atoms with Gasteiger partial charge in [0.05, 0.1) is 40.8 Å². The molecule has 1 aliphatic heterocycles. The third-order valence-electron chi connectivity index (χ3n) is 5.85. The van der Waals surface area contributed by atoms with Crippen molar-refractivity contribution < 1.29 is 9.53 Å². The van der Waals surface area contributed by atoms with E-state index in [2.05, 4.69) is 20.9 Å². The number of aryl methyl sites for hydroxylation is 1. The zero-order valence-electron chi connectivity index (χ0n) is 18.6. The number of aromatic nitrogens is 3. The number of rotatable bonds is 4. The summed E-state index contributed by atoms with van der Waals surface area (Å²) in [5.41, 5.74) is 4.22. The number of hydrogen-bond donors (Lipinski definition) is 1. The summed E-state index contributed by atoms with van der Waals surface area (Å²) in [6, 6.07) is 8.52. The van der Waals surface area contributed by atoms with Crippen molar-refractivity contribution in [2.75, 3.05) is 11.5 Å². The highest BCUT2D eigenvalue weighted by Crippen LogP contribution is 2.36. The summed E-state index contributed by atoms with van der Waals surface area (Å²) < 4.78 is 6.78. The number of H-pyrrole nitrogens is 1. The lowest BCUT2D eigenvalue weighted by molar-refractivity contribution is 0.0524. The summed E-state index contributed by atoms with van der Waals surface area (Å²) >= 11 is 6.67. The first-order chi connectivity index (χ1) is 16.4. The Morgan fingerprint density at radius 2 is 2.03 bits per heavy atom. The summed E-state index contributed by atoms with van der Waals surface area (Å²) in [5.74, 6) is -0.718. The Morgan fingerprint density at radius 3 is 2.76 bits per heavy atom. The highest BCUT2D eigenvalue weighted by Gasteiger charge is 2.25. The molecule has 0 fully saturated rings. The minimum absolute atomic E-state index is 0.113. The second-order valence-corrected chi connectivity index (χ2v) is 8.58. The molecule has 8 nitrogen and oxygen atoms in total. The normalized spacial score (nSPS) is 12.7. The fraction of sp³-hybridized carbons (Fsp3) is 0.200. The van der Waals surface area contributed by atoms with E-state index in [1.165, 1.54) is 18.5 Å². The zero-order valence-corrected chi connectivity index (χ0v) is 19.3. The first kappa shape index (κ1) is 21.9. The summed E-state index contributed by atoms with van der Waals surface area (Å²) in [6.45, 7) is 5.04. The number of halogens is 1.